The molecule has 1 fully saturated rings. The number of hydrogen-bond donors (Lipinski definition) is 2. The van der Waals surface area contributed by atoms with Gasteiger partial charge >= 0.3 is 0 Å². The van der Waals surface area contributed by atoms with Gasteiger partial charge in [0.2, 0.25) is 17.4 Å². The summed E-state index contributed by atoms with van der Waals surface area (Å²) in [6.45, 7) is 6.52. The van der Waals surface area contributed by atoms with E-state index >= 15 is 0 Å². The van der Waals surface area contributed by atoms with Crippen LogP contribution in [0, 0.1) is 0 Å². The number of nitrogens with one attached hydrogen (secondary N) is 1. The van der Waals surface area contributed by atoms with Crippen LogP contribution >= 0.6 is 0 Å². The molecule has 0 bridgehead atoms. The molecule has 0 spiro atoms. The van der Waals surface area contributed by atoms with E-state index in [1.54, 1.807) is 11.0 Å². The van der Waals surface area contributed by atoms with Gasteiger partial charge in [-0.2, -0.15) is 0 Å². The number of nitrogen functional groups attached to an aromatic ring is 1. The Morgan fingerprint density at radius 3 is 2.62 bits per heavy atom. The number of rotatable bonds is 5. The van der Waals surface area contributed by atoms with Gasteiger partial charge < -0.3 is 16.0 Å². The summed E-state index contributed by atoms with van der Waals surface area (Å²) < 4.78 is 4.42. The average molecular weight is 294 g/mol. The molecule has 2 heterocycles. The molecular formula is C12H18N6O3. The molecule has 9 heteroatoms. The molecule has 1 aromatic rings. The lowest BCUT2D eigenvalue weighted by Crippen LogP contribution is -2.51. The van der Waals surface area contributed by atoms with Gasteiger partial charge in [0, 0.05) is 32.7 Å². The van der Waals surface area contributed by atoms with Crippen molar-refractivity contribution >= 4 is 17.6 Å². The normalized spacial score (nSPS) is 15.7. The molecule has 0 aromatic carbocycles. The molecule has 1 aliphatic heterocycles. The molecular weight excluding hydrogens is 276 g/mol. The summed E-state index contributed by atoms with van der Waals surface area (Å²) in [5, 5.41) is 9.61. The van der Waals surface area contributed by atoms with E-state index in [0.29, 0.717) is 39.3 Å². The Morgan fingerprint density at radius 1 is 1.33 bits per heavy atom. The van der Waals surface area contributed by atoms with Crippen molar-refractivity contribution in [3.63, 3.8) is 0 Å². The first-order valence-corrected chi connectivity index (χ1v) is 6.59. The lowest BCUT2D eigenvalue weighted by atomic mass is 10.2. The maximum atomic E-state index is 12.1. The summed E-state index contributed by atoms with van der Waals surface area (Å²) >= 11 is 0. The van der Waals surface area contributed by atoms with Crippen molar-refractivity contribution < 1.29 is 14.2 Å². The topological polar surface area (TPSA) is 118 Å². The Bertz CT molecular complexity index is 521. The number of aromatic nitrogens is 2. The van der Waals surface area contributed by atoms with Crippen LogP contribution in [-0.2, 0) is 4.79 Å². The van der Waals surface area contributed by atoms with Crippen LogP contribution in [0.2, 0.25) is 0 Å². The first-order chi connectivity index (χ1) is 10.1. The Labute approximate surface area is 121 Å². The highest BCUT2D eigenvalue weighted by atomic mass is 16.6. The highest BCUT2D eigenvalue weighted by Crippen LogP contribution is 2.11. The van der Waals surface area contributed by atoms with Crippen LogP contribution in [0.1, 0.15) is 10.5 Å². The van der Waals surface area contributed by atoms with Gasteiger partial charge in [-0.1, -0.05) is 6.08 Å². The summed E-state index contributed by atoms with van der Waals surface area (Å²) in [4.78, 5) is 27.3. The van der Waals surface area contributed by atoms with E-state index in [4.69, 9.17) is 5.73 Å². The summed E-state index contributed by atoms with van der Waals surface area (Å²) in [5.41, 5.74) is 5.54. The molecule has 1 aromatic heterocycles. The van der Waals surface area contributed by atoms with Crippen molar-refractivity contribution in [2.45, 2.75) is 0 Å². The lowest BCUT2D eigenvalue weighted by Gasteiger charge is -2.33. The van der Waals surface area contributed by atoms with Crippen LogP contribution in [-0.4, -0.2) is 71.2 Å². The van der Waals surface area contributed by atoms with Gasteiger partial charge in [-0.15, -0.1) is 6.58 Å². The minimum Gasteiger partial charge on any atom is -0.379 e. The number of carbonyl (C=O) groups is 2. The fourth-order valence-corrected chi connectivity index (χ4v) is 2.05. The van der Waals surface area contributed by atoms with Gasteiger partial charge in [0.05, 0.1) is 6.54 Å². The molecule has 1 aliphatic rings. The number of nitrogens with two attached hydrogens (primary N) is 1. The first-order valence-electron chi connectivity index (χ1n) is 6.59. The second-order valence-corrected chi connectivity index (χ2v) is 4.66. The van der Waals surface area contributed by atoms with Gasteiger partial charge in [0.1, 0.15) is 0 Å². The smallest absolute Gasteiger partial charge is 0.280 e. The van der Waals surface area contributed by atoms with Gasteiger partial charge in [-0.05, 0) is 10.3 Å². The maximum absolute atomic E-state index is 12.1. The minimum absolute atomic E-state index is 0.00812. The quantitative estimate of drug-likeness (QED) is 0.649. The second-order valence-electron chi connectivity index (χ2n) is 4.66. The molecule has 2 rings (SSSR count). The molecule has 0 saturated carbocycles. The third-order valence-electron chi connectivity index (χ3n) is 3.19. The summed E-state index contributed by atoms with van der Waals surface area (Å²) in [5.74, 6) is -0.365. The van der Waals surface area contributed by atoms with Crippen molar-refractivity contribution in [2.24, 2.45) is 0 Å². The van der Waals surface area contributed by atoms with Crippen LogP contribution in [0.15, 0.2) is 17.3 Å². The molecule has 114 valence electrons. The highest BCUT2D eigenvalue weighted by Gasteiger charge is 2.26. The zero-order chi connectivity index (χ0) is 15.2. The summed E-state index contributed by atoms with van der Waals surface area (Å²) in [7, 11) is 0. The lowest BCUT2D eigenvalue weighted by molar-refractivity contribution is -0.122. The Kier molecular flexibility index (Phi) is 4.88. The fraction of sp³-hybridized carbons (Fsp3) is 0.500. The Balaban J connectivity index is 1.80. The van der Waals surface area contributed by atoms with Crippen molar-refractivity contribution in [2.75, 3.05) is 45.0 Å². The molecule has 0 aliphatic carbocycles. The van der Waals surface area contributed by atoms with Gasteiger partial charge in [0.15, 0.2) is 0 Å². The third-order valence-corrected chi connectivity index (χ3v) is 3.19. The molecule has 0 unspecified atom stereocenters. The standard InChI is InChI=1S/C12H18N6O3/c1-2-3-14-9(19)8-17-4-6-18(7-5-17)12(20)10-11(13)16-21-15-10/h2H,1,3-8H2,(H2,13,16)(H,14,19). The largest absolute Gasteiger partial charge is 0.379 e. The molecule has 3 N–H and O–H groups in total. The number of hydrogen-bond acceptors (Lipinski definition) is 7. The van der Waals surface area contributed by atoms with Crippen molar-refractivity contribution in [1.29, 1.82) is 0 Å². The van der Waals surface area contributed by atoms with E-state index in [9.17, 15) is 9.59 Å². The summed E-state index contributed by atoms with van der Waals surface area (Å²) in [6, 6.07) is 0. The van der Waals surface area contributed by atoms with Crippen LogP contribution in [0.3, 0.4) is 0 Å². The van der Waals surface area contributed by atoms with E-state index < -0.39 is 0 Å². The predicted octanol–water partition coefficient (Wildman–Crippen LogP) is -1.29. The summed E-state index contributed by atoms with van der Waals surface area (Å²) in [6.07, 6.45) is 1.63. The number of piperazine rings is 1. The SMILES string of the molecule is C=CCNC(=O)CN1CCN(C(=O)c2nonc2N)CC1. The van der Waals surface area contributed by atoms with Crippen LogP contribution in [0.4, 0.5) is 5.82 Å². The van der Waals surface area contributed by atoms with Gasteiger partial charge in [0.25, 0.3) is 5.91 Å². The maximum Gasteiger partial charge on any atom is 0.280 e. The zero-order valence-electron chi connectivity index (χ0n) is 11.6. The number of anilines is 1. The van der Waals surface area contributed by atoms with E-state index in [1.165, 1.54) is 0 Å². The zero-order valence-corrected chi connectivity index (χ0v) is 11.6. The third kappa shape index (κ3) is 3.78. The molecule has 9 nitrogen and oxygen atoms in total. The predicted molar refractivity (Wildman–Crippen MR) is 74.3 cm³/mol. The van der Waals surface area contributed by atoms with Crippen LogP contribution in [0.25, 0.3) is 0 Å². The van der Waals surface area contributed by atoms with E-state index in [1.807, 2.05) is 4.90 Å². The Morgan fingerprint density at radius 2 is 2.05 bits per heavy atom. The molecule has 0 atom stereocenters. The molecule has 1 saturated heterocycles. The molecule has 0 radical (unpaired) electrons. The fourth-order valence-electron chi connectivity index (χ4n) is 2.05. The van der Waals surface area contributed by atoms with Crippen LogP contribution < -0.4 is 11.1 Å². The minimum atomic E-state index is -0.301. The second kappa shape index (κ2) is 6.84. The monoisotopic (exact) mass is 294 g/mol. The van der Waals surface area contributed by atoms with E-state index in [2.05, 4.69) is 26.8 Å². The van der Waals surface area contributed by atoms with Crippen LogP contribution in [0.5, 0.6) is 0 Å². The first kappa shape index (κ1) is 15.0. The molecule has 2 amide bonds. The number of carbonyl (C=O) groups excluding carboxylic acids is 2. The van der Waals surface area contributed by atoms with E-state index in [-0.39, 0.29) is 23.3 Å². The van der Waals surface area contributed by atoms with Crippen molar-refractivity contribution in [3.8, 4) is 0 Å². The van der Waals surface area contributed by atoms with Crippen molar-refractivity contribution in [1.82, 2.24) is 25.4 Å². The van der Waals surface area contributed by atoms with Gasteiger partial charge in [-0.3, -0.25) is 14.5 Å². The van der Waals surface area contributed by atoms with Gasteiger partial charge in [-0.25, -0.2) is 4.63 Å². The highest BCUT2D eigenvalue weighted by molar-refractivity contribution is 5.96. The van der Waals surface area contributed by atoms with E-state index in [0.717, 1.165) is 0 Å². The average Bonchev–Trinajstić information content (AvgIpc) is 2.91. The number of amides is 2. The van der Waals surface area contributed by atoms with Crippen molar-refractivity contribution in [3.05, 3.63) is 18.3 Å². The number of nitrogens with zero attached hydrogens (tertiary/aromatic N) is 4. The Hall–Kier alpha value is -2.42. The molecule has 21 heavy (non-hydrogen) atoms.